The molecular formula is C4H2Cl4O2. The molecule has 0 unspecified atom stereocenters. The molecule has 0 aromatic carbocycles. The maximum absolute atomic E-state index is 10.5. The van der Waals surface area contributed by atoms with Crippen molar-refractivity contribution in [3.05, 3.63) is 11.8 Å². The molecule has 10 heavy (non-hydrogen) atoms. The Bertz CT molecular complexity index is 159. The molecule has 0 fully saturated rings. The maximum atomic E-state index is 10.5. The molecule has 0 aromatic heterocycles. The van der Waals surface area contributed by atoms with Crippen LogP contribution < -0.4 is 0 Å². The van der Waals surface area contributed by atoms with Crippen molar-refractivity contribution in [1.29, 1.82) is 0 Å². The van der Waals surface area contributed by atoms with Crippen molar-refractivity contribution in [3.63, 3.8) is 0 Å². The Kier molecular flexibility index (Phi) is 3.81. The van der Waals surface area contributed by atoms with E-state index in [1.54, 1.807) is 0 Å². The first-order valence-electron chi connectivity index (χ1n) is 1.97. The lowest BCUT2D eigenvalue weighted by Crippen LogP contribution is -2.20. The zero-order chi connectivity index (χ0) is 8.36. The summed E-state index contributed by atoms with van der Waals surface area (Å²) in [6.07, 6.45) is 0. The van der Waals surface area contributed by atoms with Gasteiger partial charge in [-0.2, -0.15) is 0 Å². The fourth-order valence-corrected chi connectivity index (χ4v) is 0.344. The lowest BCUT2D eigenvalue weighted by molar-refractivity contribution is -0.137. The van der Waals surface area contributed by atoms with Gasteiger partial charge in [-0.25, -0.2) is 4.79 Å². The maximum Gasteiger partial charge on any atom is 0.364 e. The smallest absolute Gasteiger partial charge is 0.364 e. The normalized spacial score (nSPS) is 10.8. The summed E-state index contributed by atoms with van der Waals surface area (Å²) in [6.45, 7) is 3.06. The van der Waals surface area contributed by atoms with Crippen LogP contribution in [0.25, 0.3) is 0 Å². The van der Waals surface area contributed by atoms with Gasteiger partial charge in [0.15, 0.2) is 5.22 Å². The average Bonchev–Trinajstić information content (AvgIpc) is 1.60. The molecule has 0 radical (unpaired) electrons. The minimum absolute atomic E-state index is 0.337. The van der Waals surface area contributed by atoms with Gasteiger partial charge in [0.1, 0.15) is 0 Å². The van der Waals surface area contributed by atoms with Gasteiger partial charge in [0, 0.05) is 0 Å². The lowest BCUT2D eigenvalue weighted by Gasteiger charge is -2.07. The molecule has 58 valence electrons. The Morgan fingerprint density at radius 1 is 1.40 bits per heavy atom. The fourth-order valence-electron chi connectivity index (χ4n) is 0.158. The molecule has 0 spiro atoms. The highest BCUT2D eigenvalue weighted by molar-refractivity contribution is 6.75. The van der Waals surface area contributed by atoms with Gasteiger partial charge in [0.05, 0.1) is 0 Å². The van der Waals surface area contributed by atoms with E-state index >= 15 is 0 Å². The summed E-state index contributed by atoms with van der Waals surface area (Å²) in [5, 5.41) is -0.337. The Hall–Kier alpha value is 0.370. The summed E-state index contributed by atoms with van der Waals surface area (Å²) in [4.78, 5) is 10.5. The summed E-state index contributed by atoms with van der Waals surface area (Å²) < 4.78 is 2.05. The number of carbonyl (C=O) groups is 1. The molecule has 0 bridgehead atoms. The zero-order valence-electron chi connectivity index (χ0n) is 4.54. The van der Waals surface area contributed by atoms with Crippen LogP contribution in [0.3, 0.4) is 0 Å². The van der Waals surface area contributed by atoms with Gasteiger partial charge in [-0.15, -0.1) is 0 Å². The molecule has 0 amide bonds. The van der Waals surface area contributed by atoms with E-state index in [-0.39, 0.29) is 5.22 Å². The van der Waals surface area contributed by atoms with Crippen LogP contribution in [0.5, 0.6) is 0 Å². The molecule has 6 heteroatoms. The number of hydrogen-bond donors (Lipinski definition) is 0. The first kappa shape index (κ1) is 10.4. The molecule has 0 aromatic rings. The summed E-state index contributed by atoms with van der Waals surface area (Å²) >= 11 is 20.3. The fraction of sp³-hybridized carbons (Fsp3) is 0.250. The molecule has 0 saturated carbocycles. The van der Waals surface area contributed by atoms with Crippen LogP contribution in [0.1, 0.15) is 0 Å². The van der Waals surface area contributed by atoms with E-state index in [0.717, 1.165) is 0 Å². The first-order chi connectivity index (χ1) is 4.34. The minimum Gasteiger partial charge on any atom is -0.412 e. The van der Waals surface area contributed by atoms with Crippen molar-refractivity contribution < 1.29 is 9.53 Å². The van der Waals surface area contributed by atoms with Crippen molar-refractivity contribution in [3.8, 4) is 0 Å². The Morgan fingerprint density at radius 2 is 1.80 bits per heavy atom. The SMILES string of the molecule is C=C(Cl)OC(=O)C(Cl)(Cl)Cl. The predicted octanol–water partition coefficient (Wildman–Crippen LogP) is 2.61. The third kappa shape index (κ3) is 4.23. The van der Waals surface area contributed by atoms with E-state index in [2.05, 4.69) is 11.3 Å². The van der Waals surface area contributed by atoms with Crippen LogP contribution in [0.4, 0.5) is 0 Å². The van der Waals surface area contributed by atoms with Crippen molar-refractivity contribution in [2.24, 2.45) is 0 Å². The van der Waals surface area contributed by atoms with Gasteiger partial charge in [0.25, 0.3) is 3.79 Å². The minimum atomic E-state index is -2.10. The van der Waals surface area contributed by atoms with Crippen molar-refractivity contribution in [2.75, 3.05) is 0 Å². The highest BCUT2D eigenvalue weighted by Crippen LogP contribution is 2.28. The van der Waals surface area contributed by atoms with Gasteiger partial charge < -0.3 is 4.74 Å². The second-order valence-electron chi connectivity index (χ2n) is 1.24. The molecule has 2 nitrogen and oxygen atoms in total. The molecule has 0 atom stereocenters. The number of hydrogen-bond acceptors (Lipinski definition) is 2. The quantitative estimate of drug-likeness (QED) is 0.388. The largest absolute Gasteiger partial charge is 0.412 e. The van der Waals surface area contributed by atoms with Crippen molar-refractivity contribution in [1.82, 2.24) is 0 Å². The molecule has 0 N–H and O–H groups in total. The van der Waals surface area contributed by atoms with E-state index in [4.69, 9.17) is 46.4 Å². The Balaban J connectivity index is 3.99. The summed E-state index contributed by atoms with van der Waals surface area (Å²) in [5.41, 5.74) is 0. The van der Waals surface area contributed by atoms with Crippen LogP contribution in [0.2, 0.25) is 0 Å². The molecule has 0 aliphatic heterocycles. The zero-order valence-corrected chi connectivity index (χ0v) is 7.56. The number of rotatable bonds is 1. The average molecular weight is 224 g/mol. The van der Waals surface area contributed by atoms with E-state index < -0.39 is 9.76 Å². The van der Waals surface area contributed by atoms with E-state index in [1.165, 1.54) is 0 Å². The van der Waals surface area contributed by atoms with Gasteiger partial charge in [-0.1, -0.05) is 34.8 Å². The van der Waals surface area contributed by atoms with Gasteiger partial charge in [0.2, 0.25) is 0 Å². The predicted molar refractivity (Wildman–Crippen MR) is 41.4 cm³/mol. The van der Waals surface area contributed by atoms with Gasteiger partial charge in [-0.3, -0.25) is 0 Å². The number of alkyl halides is 3. The third-order valence-electron chi connectivity index (χ3n) is 0.435. The molecule has 0 rings (SSSR count). The van der Waals surface area contributed by atoms with Crippen LogP contribution >= 0.6 is 46.4 Å². The number of esters is 1. The van der Waals surface area contributed by atoms with E-state index in [9.17, 15) is 4.79 Å². The van der Waals surface area contributed by atoms with Gasteiger partial charge in [-0.05, 0) is 18.2 Å². The monoisotopic (exact) mass is 222 g/mol. The van der Waals surface area contributed by atoms with Crippen LogP contribution in [-0.4, -0.2) is 9.76 Å². The third-order valence-corrected chi connectivity index (χ3v) is 0.975. The summed E-state index contributed by atoms with van der Waals surface area (Å²) in [6, 6.07) is 0. The van der Waals surface area contributed by atoms with Crippen molar-refractivity contribution in [2.45, 2.75) is 3.79 Å². The summed E-state index contributed by atoms with van der Waals surface area (Å²) in [5.74, 6) is -1.07. The van der Waals surface area contributed by atoms with Crippen LogP contribution in [-0.2, 0) is 9.53 Å². The van der Waals surface area contributed by atoms with E-state index in [0.29, 0.717) is 0 Å². The number of halogens is 4. The molecule has 0 saturated heterocycles. The second-order valence-corrected chi connectivity index (χ2v) is 3.95. The van der Waals surface area contributed by atoms with Crippen molar-refractivity contribution >= 4 is 52.4 Å². The van der Waals surface area contributed by atoms with Gasteiger partial charge >= 0.3 is 5.97 Å². The first-order valence-corrected chi connectivity index (χ1v) is 3.48. The Morgan fingerprint density at radius 3 is 1.90 bits per heavy atom. The lowest BCUT2D eigenvalue weighted by atomic mass is 10.8. The number of carbonyl (C=O) groups excluding carboxylic acids is 1. The standard InChI is InChI=1S/C4H2Cl4O2/c1-2(5)10-3(9)4(6,7)8/h1H2. The highest BCUT2D eigenvalue weighted by atomic mass is 35.6. The molecule has 0 aliphatic carbocycles. The molecule has 0 aliphatic rings. The van der Waals surface area contributed by atoms with Crippen LogP contribution in [0, 0.1) is 0 Å². The molecule has 0 heterocycles. The second kappa shape index (κ2) is 3.67. The number of ether oxygens (including phenoxy) is 1. The van der Waals surface area contributed by atoms with Crippen LogP contribution in [0.15, 0.2) is 11.8 Å². The topological polar surface area (TPSA) is 26.3 Å². The van der Waals surface area contributed by atoms with E-state index in [1.807, 2.05) is 0 Å². The molecular weight excluding hydrogens is 222 g/mol. The summed E-state index contributed by atoms with van der Waals surface area (Å²) in [7, 11) is 0. The Labute approximate surface area is 77.6 Å². The highest BCUT2D eigenvalue weighted by Gasteiger charge is 2.33.